The van der Waals surface area contributed by atoms with Gasteiger partial charge in [-0.3, -0.25) is 14.7 Å². The van der Waals surface area contributed by atoms with Crippen LogP contribution in [0.25, 0.3) is 5.57 Å². The molecule has 2 heterocycles. The summed E-state index contributed by atoms with van der Waals surface area (Å²) in [6.07, 6.45) is 6.47. The highest BCUT2D eigenvalue weighted by Crippen LogP contribution is 2.29. The Labute approximate surface area is 239 Å². The number of amides is 1. The Kier molecular flexibility index (Phi) is 9.01. The number of piperazine rings is 1. The van der Waals surface area contributed by atoms with Gasteiger partial charge in [-0.1, -0.05) is 24.3 Å². The van der Waals surface area contributed by atoms with Crippen molar-refractivity contribution in [2.45, 2.75) is 38.4 Å². The predicted octanol–water partition coefficient (Wildman–Crippen LogP) is 3.62. The van der Waals surface area contributed by atoms with E-state index in [1.165, 1.54) is 16.8 Å². The molecule has 206 valence electrons. The van der Waals surface area contributed by atoms with Crippen molar-refractivity contribution in [3.05, 3.63) is 92.6 Å². The van der Waals surface area contributed by atoms with E-state index in [9.17, 15) is 4.79 Å². The zero-order valence-electron chi connectivity index (χ0n) is 22.8. The van der Waals surface area contributed by atoms with Crippen LogP contribution in [-0.4, -0.2) is 66.2 Å². The summed E-state index contributed by atoms with van der Waals surface area (Å²) in [5.74, 6) is -0.116. The molecule has 1 atom stereocenters. The third-order valence-corrected chi connectivity index (χ3v) is 8.75. The second-order valence-corrected chi connectivity index (χ2v) is 11.5. The van der Waals surface area contributed by atoms with Crippen molar-refractivity contribution in [2.24, 2.45) is 10.7 Å². The number of aryl methyl sites for hydroxylation is 1. The largest absolute Gasteiger partial charge is 0.404 e. The van der Waals surface area contributed by atoms with Crippen LogP contribution in [-0.2, 0) is 25.9 Å². The summed E-state index contributed by atoms with van der Waals surface area (Å²) < 4.78 is 0. The number of carbonyl (C=O) groups excluding carboxylic acids is 1. The first kappa shape index (κ1) is 27.7. The van der Waals surface area contributed by atoms with Crippen molar-refractivity contribution in [3.63, 3.8) is 0 Å². The molecule has 1 saturated heterocycles. The van der Waals surface area contributed by atoms with Crippen LogP contribution < -0.4 is 11.1 Å². The first-order valence-electron chi connectivity index (χ1n) is 13.7. The van der Waals surface area contributed by atoms with E-state index < -0.39 is 0 Å². The Morgan fingerprint density at radius 2 is 2.00 bits per heavy atom. The SMILES string of the molecule is CN1CCN([C@H]2CCc3nc(CNC(=O)c4cccc(CN=CC(=CN)c5ccc(C#N)cc5)c4)sc3C2)CC1. The van der Waals surface area contributed by atoms with Gasteiger partial charge in [0.25, 0.3) is 5.91 Å². The molecule has 2 aromatic carbocycles. The third-order valence-electron chi connectivity index (χ3n) is 7.63. The number of likely N-dealkylation sites (N-methyl/N-ethyl adjacent to an activating group) is 1. The molecule has 2 aliphatic rings. The highest BCUT2D eigenvalue weighted by molar-refractivity contribution is 7.11. The Morgan fingerprint density at radius 1 is 1.20 bits per heavy atom. The monoisotopic (exact) mass is 553 g/mol. The molecule has 3 N–H and O–H groups in total. The Hall–Kier alpha value is -3.84. The topological polar surface area (TPSA) is 111 Å². The van der Waals surface area contributed by atoms with E-state index >= 15 is 0 Å². The van der Waals surface area contributed by atoms with Gasteiger partial charge in [0, 0.05) is 60.6 Å². The van der Waals surface area contributed by atoms with Crippen molar-refractivity contribution in [3.8, 4) is 6.07 Å². The van der Waals surface area contributed by atoms with Crippen LogP contribution in [0, 0.1) is 11.3 Å². The molecule has 1 amide bonds. The molecule has 5 rings (SSSR count). The standard InChI is InChI=1S/C31H35N7OS/c1-37-11-13-38(14-12-37)27-9-10-28-29(16-27)40-30(36-28)21-35-31(39)25-4-2-3-23(15-25)19-34-20-26(18-33)24-7-5-22(17-32)6-8-24/h2-8,15,18,20,27H,9-14,16,19,21,33H2,1H3,(H,35,39)/t27-/m0/s1. The van der Waals surface area contributed by atoms with Gasteiger partial charge >= 0.3 is 0 Å². The van der Waals surface area contributed by atoms with Gasteiger partial charge in [0.05, 0.1) is 30.4 Å². The Morgan fingerprint density at radius 3 is 2.75 bits per heavy atom. The van der Waals surface area contributed by atoms with Crippen molar-refractivity contribution in [1.29, 1.82) is 5.26 Å². The highest BCUT2D eigenvalue weighted by atomic mass is 32.1. The summed E-state index contributed by atoms with van der Waals surface area (Å²) in [5, 5.41) is 13.0. The second-order valence-electron chi connectivity index (χ2n) is 10.4. The number of nitrogens with two attached hydrogens (primary N) is 1. The number of thiazole rings is 1. The molecule has 3 aromatic rings. The van der Waals surface area contributed by atoms with Gasteiger partial charge in [0.15, 0.2) is 0 Å². The minimum absolute atomic E-state index is 0.116. The van der Waals surface area contributed by atoms with Gasteiger partial charge in [-0.15, -0.1) is 11.3 Å². The lowest BCUT2D eigenvalue weighted by atomic mass is 9.96. The van der Waals surface area contributed by atoms with Crippen molar-refractivity contribution >= 4 is 29.0 Å². The van der Waals surface area contributed by atoms with Gasteiger partial charge in [0.1, 0.15) is 5.01 Å². The highest BCUT2D eigenvalue weighted by Gasteiger charge is 2.28. The fraction of sp³-hybridized carbons (Fsp3) is 0.355. The van der Waals surface area contributed by atoms with Gasteiger partial charge in [-0.25, -0.2) is 4.98 Å². The third kappa shape index (κ3) is 6.83. The van der Waals surface area contributed by atoms with Gasteiger partial charge in [0.2, 0.25) is 0 Å². The number of hydrogen-bond donors (Lipinski definition) is 2. The molecule has 9 heteroatoms. The summed E-state index contributed by atoms with van der Waals surface area (Å²) in [5.41, 5.74) is 10.8. The normalized spacial score (nSPS) is 18.4. The molecule has 0 unspecified atom stereocenters. The van der Waals surface area contributed by atoms with E-state index in [-0.39, 0.29) is 5.91 Å². The maximum absolute atomic E-state index is 12.9. The molecule has 1 aliphatic heterocycles. The van der Waals surface area contributed by atoms with Crippen LogP contribution in [0.3, 0.4) is 0 Å². The van der Waals surface area contributed by atoms with Crippen LogP contribution in [0.5, 0.6) is 0 Å². The number of aromatic nitrogens is 1. The van der Waals surface area contributed by atoms with Crippen LogP contribution in [0.15, 0.2) is 59.7 Å². The summed E-state index contributed by atoms with van der Waals surface area (Å²) in [4.78, 5) is 28.7. The Balaban J connectivity index is 1.14. The smallest absolute Gasteiger partial charge is 0.251 e. The molecule has 1 aromatic heterocycles. The number of fused-ring (bicyclic) bond motifs is 1. The number of allylic oxidation sites excluding steroid dienone is 1. The molecule has 0 spiro atoms. The molecule has 0 saturated carbocycles. The van der Waals surface area contributed by atoms with Crippen LogP contribution in [0.4, 0.5) is 0 Å². The minimum Gasteiger partial charge on any atom is -0.404 e. The van der Waals surface area contributed by atoms with Gasteiger partial charge < -0.3 is 16.0 Å². The van der Waals surface area contributed by atoms with Gasteiger partial charge in [-0.2, -0.15) is 5.26 Å². The van der Waals surface area contributed by atoms with Crippen LogP contribution >= 0.6 is 11.3 Å². The maximum atomic E-state index is 12.9. The lowest BCUT2D eigenvalue weighted by Gasteiger charge is -2.39. The maximum Gasteiger partial charge on any atom is 0.251 e. The number of aliphatic imine (C=N–C) groups is 1. The summed E-state index contributed by atoms with van der Waals surface area (Å²) in [6, 6.07) is 17.4. The molecular weight excluding hydrogens is 518 g/mol. The first-order chi connectivity index (χ1) is 19.5. The lowest BCUT2D eigenvalue weighted by Crippen LogP contribution is -2.50. The number of hydrogen-bond acceptors (Lipinski definition) is 8. The van der Waals surface area contributed by atoms with E-state index in [0.717, 1.165) is 67.1 Å². The molecule has 8 nitrogen and oxygen atoms in total. The Bertz CT molecular complexity index is 1430. The molecule has 1 aliphatic carbocycles. The summed E-state index contributed by atoms with van der Waals surface area (Å²) in [7, 11) is 2.20. The van der Waals surface area contributed by atoms with E-state index in [1.807, 2.05) is 36.4 Å². The molecule has 0 radical (unpaired) electrons. The second kappa shape index (κ2) is 13.0. The average Bonchev–Trinajstić information content (AvgIpc) is 3.41. The van der Waals surface area contributed by atoms with E-state index in [0.29, 0.717) is 30.3 Å². The zero-order chi connectivity index (χ0) is 27.9. The quantitative estimate of drug-likeness (QED) is 0.412. The van der Waals surface area contributed by atoms with Crippen LogP contribution in [0.2, 0.25) is 0 Å². The molecule has 1 fully saturated rings. The van der Waals surface area contributed by atoms with Crippen molar-refractivity contribution in [1.82, 2.24) is 20.1 Å². The zero-order valence-corrected chi connectivity index (χ0v) is 23.7. The lowest BCUT2D eigenvalue weighted by molar-refractivity contribution is 0.0950. The van der Waals surface area contributed by atoms with Crippen LogP contribution in [0.1, 0.15) is 49.0 Å². The fourth-order valence-electron chi connectivity index (χ4n) is 5.25. The summed E-state index contributed by atoms with van der Waals surface area (Å²) in [6.45, 7) is 5.42. The molecule has 40 heavy (non-hydrogen) atoms. The summed E-state index contributed by atoms with van der Waals surface area (Å²) >= 11 is 1.75. The number of carbonyl (C=O) groups is 1. The number of nitriles is 1. The molecular formula is C31H35N7OS. The number of nitrogens with zero attached hydrogens (tertiary/aromatic N) is 5. The predicted molar refractivity (Wildman–Crippen MR) is 160 cm³/mol. The van der Waals surface area contributed by atoms with Gasteiger partial charge in [-0.05, 0) is 61.7 Å². The van der Waals surface area contributed by atoms with Crippen molar-refractivity contribution in [2.75, 3.05) is 33.2 Å². The van der Waals surface area contributed by atoms with E-state index in [2.05, 4.69) is 33.2 Å². The van der Waals surface area contributed by atoms with Crippen molar-refractivity contribution < 1.29 is 4.79 Å². The average molecular weight is 554 g/mol. The minimum atomic E-state index is -0.116. The number of nitrogens with one attached hydrogen (secondary N) is 1. The molecule has 0 bridgehead atoms. The fourth-order valence-corrected chi connectivity index (χ4v) is 6.38. The number of benzene rings is 2. The first-order valence-corrected chi connectivity index (χ1v) is 14.5. The van der Waals surface area contributed by atoms with E-state index in [1.54, 1.807) is 29.7 Å². The number of rotatable bonds is 8. The van der Waals surface area contributed by atoms with E-state index in [4.69, 9.17) is 16.0 Å².